The van der Waals surface area contributed by atoms with Gasteiger partial charge in [0, 0.05) is 30.1 Å². The maximum absolute atomic E-state index is 12.2. The van der Waals surface area contributed by atoms with Crippen LogP contribution in [-0.2, 0) is 4.79 Å². The molecule has 0 radical (unpaired) electrons. The number of hydrogen-bond acceptors (Lipinski definition) is 3. The molecule has 2 fully saturated rings. The van der Waals surface area contributed by atoms with Crippen molar-refractivity contribution in [2.75, 3.05) is 18.8 Å². The predicted molar refractivity (Wildman–Crippen MR) is 80.0 cm³/mol. The maximum atomic E-state index is 12.2. The number of thioether (sulfide) groups is 1. The van der Waals surface area contributed by atoms with Gasteiger partial charge in [-0.2, -0.15) is 11.8 Å². The molecule has 2 N–H and O–H groups in total. The molecular formula is C14H24N2O3S. The second kappa shape index (κ2) is 7.20. The third-order valence-corrected chi connectivity index (χ3v) is 5.66. The van der Waals surface area contributed by atoms with Crippen LogP contribution in [0.5, 0.6) is 0 Å². The first-order valence-corrected chi connectivity index (χ1v) is 8.54. The van der Waals surface area contributed by atoms with Gasteiger partial charge in [-0.1, -0.05) is 6.92 Å². The van der Waals surface area contributed by atoms with Crippen LogP contribution in [0, 0.1) is 5.92 Å². The molecule has 1 saturated heterocycles. The van der Waals surface area contributed by atoms with Gasteiger partial charge < -0.3 is 15.3 Å². The fourth-order valence-corrected chi connectivity index (χ4v) is 4.08. The van der Waals surface area contributed by atoms with Crippen LogP contribution in [0.15, 0.2) is 0 Å². The van der Waals surface area contributed by atoms with Gasteiger partial charge in [-0.25, -0.2) is 4.79 Å². The van der Waals surface area contributed by atoms with Crippen molar-refractivity contribution in [3.63, 3.8) is 0 Å². The number of nitrogens with one attached hydrogen (secondary N) is 1. The monoisotopic (exact) mass is 300 g/mol. The third-order valence-electron chi connectivity index (χ3n) is 4.29. The molecule has 6 heteroatoms. The Morgan fingerprint density at radius 3 is 2.60 bits per heavy atom. The molecule has 114 valence electrons. The SMILES string of the molecule is CCC1CN(C(=O)NC2CCC(C(=O)O)CC2)CCS1. The van der Waals surface area contributed by atoms with Gasteiger partial charge in [0.25, 0.3) is 0 Å². The molecule has 0 aromatic heterocycles. The van der Waals surface area contributed by atoms with Gasteiger partial charge in [0.1, 0.15) is 0 Å². The van der Waals surface area contributed by atoms with E-state index in [0.717, 1.165) is 38.1 Å². The van der Waals surface area contributed by atoms with E-state index in [-0.39, 0.29) is 18.0 Å². The summed E-state index contributed by atoms with van der Waals surface area (Å²) in [4.78, 5) is 25.0. The zero-order valence-corrected chi connectivity index (χ0v) is 12.8. The Morgan fingerprint density at radius 1 is 1.30 bits per heavy atom. The highest BCUT2D eigenvalue weighted by Gasteiger charge is 2.29. The number of nitrogens with zero attached hydrogens (tertiary/aromatic N) is 1. The van der Waals surface area contributed by atoms with Gasteiger partial charge in [-0.3, -0.25) is 4.79 Å². The van der Waals surface area contributed by atoms with Crippen LogP contribution in [0.4, 0.5) is 4.79 Å². The van der Waals surface area contributed by atoms with Crippen LogP contribution in [0.1, 0.15) is 39.0 Å². The molecule has 0 bridgehead atoms. The van der Waals surface area contributed by atoms with Gasteiger partial charge in [0.05, 0.1) is 5.92 Å². The molecule has 0 aromatic carbocycles. The molecule has 5 nitrogen and oxygen atoms in total. The van der Waals surface area contributed by atoms with Crippen molar-refractivity contribution < 1.29 is 14.7 Å². The van der Waals surface area contributed by atoms with E-state index in [4.69, 9.17) is 5.11 Å². The van der Waals surface area contributed by atoms with Crippen LogP contribution in [0.2, 0.25) is 0 Å². The summed E-state index contributed by atoms with van der Waals surface area (Å²) in [6.45, 7) is 3.81. The fourth-order valence-electron chi connectivity index (χ4n) is 2.90. The lowest BCUT2D eigenvalue weighted by molar-refractivity contribution is -0.142. The summed E-state index contributed by atoms with van der Waals surface area (Å²) in [6, 6.07) is 0.176. The highest BCUT2D eigenvalue weighted by molar-refractivity contribution is 8.00. The lowest BCUT2D eigenvalue weighted by Gasteiger charge is -2.34. The van der Waals surface area contributed by atoms with Crippen molar-refractivity contribution in [1.29, 1.82) is 0 Å². The average molecular weight is 300 g/mol. The van der Waals surface area contributed by atoms with Crippen molar-refractivity contribution in [2.24, 2.45) is 5.92 Å². The van der Waals surface area contributed by atoms with E-state index in [1.807, 2.05) is 16.7 Å². The van der Waals surface area contributed by atoms with E-state index < -0.39 is 5.97 Å². The normalized spacial score (nSPS) is 30.9. The minimum atomic E-state index is -0.700. The molecule has 20 heavy (non-hydrogen) atoms. The van der Waals surface area contributed by atoms with Gasteiger partial charge in [-0.05, 0) is 32.1 Å². The van der Waals surface area contributed by atoms with Crippen molar-refractivity contribution >= 4 is 23.8 Å². The topological polar surface area (TPSA) is 69.6 Å². The second-order valence-corrected chi connectivity index (χ2v) is 7.09. The summed E-state index contributed by atoms with van der Waals surface area (Å²) in [5, 5.41) is 12.6. The third kappa shape index (κ3) is 4.04. The van der Waals surface area contributed by atoms with Gasteiger partial charge >= 0.3 is 12.0 Å². The summed E-state index contributed by atoms with van der Waals surface area (Å²) in [7, 11) is 0. The summed E-state index contributed by atoms with van der Waals surface area (Å²) < 4.78 is 0. The lowest BCUT2D eigenvalue weighted by Crippen LogP contribution is -2.50. The van der Waals surface area contributed by atoms with Crippen molar-refractivity contribution in [2.45, 2.75) is 50.3 Å². The molecule has 1 aliphatic carbocycles. The van der Waals surface area contributed by atoms with Crippen molar-refractivity contribution in [1.82, 2.24) is 10.2 Å². The first-order chi connectivity index (χ1) is 9.60. The Labute approximate surface area is 124 Å². The van der Waals surface area contributed by atoms with E-state index in [0.29, 0.717) is 18.1 Å². The molecule has 0 aromatic rings. The van der Waals surface area contributed by atoms with Crippen LogP contribution < -0.4 is 5.32 Å². The number of amides is 2. The number of aliphatic carboxylic acids is 1. The van der Waals surface area contributed by atoms with E-state index >= 15 is 0 Å². The zero-order chi connectivity index (χ0) is 14.5. The van der Waals surface area contributed by atoms with Crippen molar-refractivity contribution in [3.8, 4) is 0 Å². The number of carboxylic acid groups (broad SMARTS) is 1. The molecule has 1 saturated carbocycles. The minimum Gasteiger partial charge on any atom is -0.481 e. The molecule has 0 spiro atoms. The Balaban J connectivity index is 1.76. The average Bonchev–Trinajstić information content (AvgIpc) is 2.47. The Morgan fingerprint density at radius 2 is 2.00 bits per heavy atom. The number of carbonyl (C=O) groups is 2. The smallest absolute Gasteiger partial charge is 0.317 e. The summed E-state index contributed by atoms with van der Waals surface area (Å²) in [6.07, 6.45) is 4.00. The number of carbonyl (C=O) groups excluding carboxylic acids is 1. The molecule has 2 rings (SSSR count). The summed E-state index contributed by atoms with van der Waals surface area (Å²) in [5.41, 5.74) is 0. The zero-order valence-electron chi connectivity index (χ0n) is 12.0. The Hall–Kier alpha value is -0.910. The van der Waals surface area contributed by atoms with Crippen LogP contribution in [0.3, 0.4) is 0 Å². The van der Waals surface area contributed by atoms with Crippen LogP contribution in [0.25, 0.3) is 0 Å². The number of hydrogen-bond donors (Lipinski definition) is 2. The number of urea groups is 1. The van der Waals surface area contributed by atoms with Crippen LogP contribution in [-0.4, -0.2) is 52.1 Å². The molecule has 1 atom stereocenters. The Bertz CT molecular complexity index is 356. The van der Waals surface area contributed by atoms with Gasteiger partial charge in [0.2, 0.25) is 0 Å². The van der Waals surface area contributed by atoms with E-state index in [2.05, 4.69) is 12.2 Å². The Kier molecular flexibility index (Phi) is 5.57. The molecule has 1 aliphatic heterocycles. The van der Waals surface area contributed by atoms with E-state index in [1.165, 1.54) is 0 Å². The van der Waals surface area contributed by atoms with E-state index in [1.54, 1.807) is 0 Å². The minimum absolute atomic E-state index is 0.0301. The molecular weight excluding hydrogens is 276 g/mol. The summed E-state index contributed by atoms with van der Waals surface area (Å²) in [5.74, 6) is 0.0881. The molecule has 1 heterocycles. The number of carboxylic acids is 1. The van der Waals surface area contributed by atoms with Gasteiger partial charge in [-0.15, -0.1) is 0 Å². The molecule has 2 aliphatic rings. The fraction of sp³-hybridized carbons (Fsp3) is 0.857. The summed E-state index contributed by atoms with van der Waals surface area (Å²) >= 11 is 1.95. The predicted octanol–water partition coefficient (Wildman–Crippen LogP) is 2.17. The largest absolute Gasteiger partial charge is 0.481 e. The van der Waals surface area contributed by atoms with Gasteiger partial charge in [0.15, 0.2) is 0 Å². The maximum Gasteiger partial charge on any atom is 0.317 e. The standard InChI is InChI=1S/C14H24N2O3S/c1-2-12-9-16(7-8-20-12)14(19)15-11-5-3-10(4-6-11)13(17)18/h10-12H,2-9H2,1H3,(H,15,19)(H,17,18). The van der Waals surface area contributed by atoms with Crippen molar-refractivity contribution in [3.05, 3.63) is 0 Å². The quantitative estimate of drug-likeness (QED) is 0.838. The first kappa shape index (κ1) is 15.5. The second-order valence-electron chi connectivity index (χ2n) is 5.68. The highest BCUT2D eigenvalue weighted by atomic mass is 32.2. The molecule has 1 unspecified atom stereocenters. The van der Waals surface area contributed by atoms with Crippen LogP contribution >= 0.6 is 11.8 Å². The highest BCUT2D eigenvalue weighted by Crippen LogP contribution is 2.25. The van der Waals surface area contributed by atoms with E-state index in [9.17, 15) is 9.59 Å². The molecule has 2 amide bonds. The number of rotatable bonds is 3. The first-order valence-electron chi connectivity index (χ1n) is 7.50. The lowest BCUT2D eigenvalue weighted by atomic mass is 9.86.